The van der Waals surface area contributed by atoms with E-state index in [1.807, 2.05) is 30.3 Å². The van der Waals surface area contributed by atoms with E-state index in [9.17, 15) is 17.8 Å². The number of carbonyl (C=O) groups is 1. The van der Waals surface area contributed by atoms with Crippen LogP contribution in [-0.4, -0.2) is 31.0 Å². The lowest BCUT2D eigenvalue weighted by molar-refractivity contribution is -0.147. The average molecular weight is 402 g/mol. The molecule has 2 aromatic rings. The lowest BCUT2D eigenvalue weighted by Gasteiger charge is -2.12. The van der Waals surface area contributed by atoms with E-state index in [0.29, 0.717) is 18.6 Å². The van der Waals surface area contributed by atoms with Gasteiger partial charge in [-0.2, -0.15) is 0 Å². The van der Waals surface area contributed by atoms with Crippen molar-refractivity contribution in [2.75, 3.05) is 0 Å². The molecule has 28 heavy (non-hydrogen) atoms. The Bertz CT molecular complexity index is 858. The highest BCUT2D eigenvalue weighted by Gasteiger charge is 2.40. The zero-order valence-electron chi connectivity index (χ0n) is 15.5. The van der Waals surface area contributed by atoms with Gasteiger partial charge in [-0.3, -0.25) is 4.79 Å². The summed E-state index contributed by atoms with van der Waals surface area (Å²) in [4.78, 5) is 11.8. The van der Waals surface area contributed by atoms with Gasteiger partial charge < -0.3 is 14.6 Å². The molecule has 3 atom stereocenters. The van der Waals surface area contributed by atoms with Crippen molar-refractivity contribution in [1.29, 1.82) is 0 Å². The molecule has 1 aliphatic heterocycles. The fourth-order valence-corrected chi connectivity index (χ4v) is 4.24. The summed E-state index contributed by atoms with van der Waals surface area (Å²) in [5, 5.41) is 3.41. The highest BCUT2D eigenvalue weighted by atomic mass is 32.2. The van der Waals surface area contributed by atoms with Crippen molar-refractivity contribution in [3.63, 3.8) is 0 Å². The van der Waals surface area contributed by atoms with Gasteiger partial charge in [0, 0.05) is 6.04 Å². The molecule has 2 aliphatic rings. The zero-order chi connectivity index (χ0) is 20.0. The van der Waals surface area contributed by atoms with E-state index in [0.717, 1.165) is 12.0 Å². The van der Waals surface area contributed by atoms with Crippen LogP contribution in [0.3, 0.4) is 0 Å². The molecule has 2 fully saturated rings. The molecule has 2 aromatic carbocycles. The Morgan fingerprint density at radius 2 is 1.68 bits per heavy atom. The number of fused-ring (bicyclic) bond motifs is 1. The van der Waals surface area contributed by atoms with Crippen LogP contribution in [-0.2, 0) is 26.3 Å². The summed E-state index contributed by atoms with van der Waals surface area (Å²) in [6.07, 6.45) is 4.74. The summed E-state index contributed by atoms with van der Waals surface area (Å²) in [7, 11) is -4.25. The van der Waals surface area contributed by atoms with Crippen LogP contribution in [0.4, 0.5) is 0 Å². The third-order valence-electron chi connectivity index (χ3n) is 5.15. The third kappa shape index (κ3) is 5.64. The molecule has 1 N–H and O–H groups in total. The summed E-state index contributed by atoms with van der Waals surface area (Å²) in [5.41, 5.74) is 1.05. The van der Waals surface area contributed by atoms with E-state index >= 15 is 0 Å². The molecule has 0 bridgehead atoms. The molecule has 0 aromatic heterocycles. The molecule has 1 saturated heterocycles. The number of ether oxygens (including phenoxy) is 1. The number of carbonyl (C=O) groups excluding carboxylic acids is 1. The minimum absolute atomic E-state index is 0.0796. The molecule has 0 unspecified atom stereocenters. The maximum absolute atomic E-state index is 12.0. The highest BCUT2D eigenvalue weighted by Crippen LogP contribution is 2.34. The number of rotatable bonds is 4. The van der Waals surface area contributed by atoms with Crippen LogP contribution in [0, 0.1) is 5.92 Å². The first-order valence-electron chi connectivity index (χ1n) is 9.41. The van der Waals surface area contributed by atoms with Crippen LogP contribution in [0.1, 0.15) is 31.2 Å². The Labute approximate surface area is 165 Å². The summed E-state index contributed by atoms with van der Waals surface area (Å²) >= 11 is 0. The van der Waals surface area contributed by atoms with Crippen LogP contribution in [0.5, 0.6) is 0 Å². The van der Waals surface area contributed by atoms with E-state index in [-0.39, 0.29) is 16.9 Å². The van der Waals surface area contributed by atoms with Gasteiger partial charge in [0.25, 0.3) is 0 Å². The zero-order valence-corrected chi connectivity index (χ0v) is 16.3. The predicted molar refractivity (Wildman–Crippen MR) is 103 cm³/mol. The maximum Gasteiger partial charge on any atom is 0.323 e. The van der Waals surface area contributed by atoms with Gasteiger partial charge in [0.15, 0.2) is 0 Å². The molecular formula is C21H24NO5S-. The van der Waals surface area contributed by atoms with Crippen molar-refractivity contribution in [2.24, 2.45) is 5.92 Å². The number of hydrogen-bond donors (Lipinski definition) is 1. The van der Waals surface area contributed by atoms with Crippen molar-refractivity contribution in [1.82, 2.24) is 5.32 Å². The van der Waals surface area contributed by atoms with Gasteiger partial charge in [0.1, 0.15) is 22.8 Å². The molecule has 6 nitrogen and oxygen atoms in total. The number of esters is 1. The monoisotopic (exact) mass is 402 g/mol. The first-order chi connectivity index (χ1) is 13.4. The molecule has 0 amide bonds. The Morgan fingerprint density at radius 3 is 2.25 bits per heavy atom. The first-order valence-corrected chi connectivity index (χ1v) is 10.8. The molecular weight excluding hydrogens is 378 g/mol. The smallest absolute Gasteiger partial charge is 0.323 e. The van der Waals surface area contributed by atoms with Gasteiger partial charge in [0.05, 0.1) is 4.90 Å². The Hall–Kier alpha value is -2.22. The van der Waals surface area contributed by atoms with Gasteiger partial charge in [-0.1, -0.05) is 55.0 Å². The van der Waals surface area contributed by atoms with E-state index in [2.05, 4.69) is 5.32 Å². The number of nitrogens with one attached hydrogen (secondary N) is 1. The Balaban J connectivity index is 0.000000192. The molecule has 1 saturated carbocycles. The Kier molecular flexibility index (Phi) is 6.83. The molecule has 0 spiro atoms. The van der Waals surface area contributed by atoms with E-state index < -0.39 is 10.1 Å². The van der Waals surface area contributed by atoms with Crippen molar-refractivity contribution in [3.8, 4) is 0 Å². The lowest BCUT2D eigenvalue weighted by Crippen LogP contribution is -2.36. The second kappa shape index (κ2) is 9.32. The van der Waals surface area contributed by atoms with Crippen molar-refractivity contribution in [3.05, 3.63) is 66.2 Å². The molecule has 1 heterocycles. The third-order valence-corrected chi connectivity index (χ3v) is 6.00. The molecule has 1 aliphatic carbocycles. The lowest BCUT2D eigenvalue weighted by atomic mass is 10.0. The topological polar surface area (TPSA) is 95.5 Å². The number of benzene rings is 2. The van der Waals surface area contributed by atoms with Gasteiger partial charge in [-0.05, 0) is 42.9 Å². The summed E-state index contributed by atoms with van der Waals surface area (Å²) in [6, 6.07) is 17.5. The van der Waals surface area contributed by atoms with Gasteiger partial charge in [0.2, 0.25) is 0 Å². The van der Waals surface area contributed by atoms with Crippen LogP contribution in [0.2, 0.25) is 0 Å². The van der Waals surface area contributed by atoms with Crippen molar-refractivity contribution >= 4 is 16.1 Å². The fraction of sp³-hybridized carbons (Fsp3) is 0.381. The Morgan fingerprint density at radius 1 is 1.04 bits per heavy atom. The largest absolute Gasteiger partial charge is 0.744 e. The van der Waals surface area contributed by atoms with Crippen molar-refractivity contribution < 1.29 is 22.5 Å². The summed E-state index contributed by atoms with van der Waals surface area (Å²) in [6.45, 7) is 0.382. The van der Waals surface area contributed by atoms with E-state index in [4.69, 9.17) is 4.74 Å². The normalized spacial score (nSPS) is 23.4. The quantitative estimate of drug-likeness (QED) is 0.624. The van der Waals surface area contributed by atoms with Gasteiger partial charge in [-0.15, -0.1) is 0 Å². The standard InChI is InChI=1S/C15H19NO2.C6H6O3S/c17-15(18-10-11-5-2-1-3-6-11)14-9-12-7-4-8-13(12)16-14;7-10(8,9)6-4-2-1-3-5-6/h1-3,5-6,12-14,16H,4,7-10H2;1-5H,(H,7,8,9)/p-1/t12-,13-,14+;/m1./s1. The highest BCUT2D eigenvalue weighted by molar-refractivity contribution is 7.85. The van der Waals surface area contributed by atoms with Gasteiger partial charge >= 0.3 is 5.97 Å². The predicted octanol–water partition coefficient (Wildman–Crippen LogP) is 2.85. The maximum atomic E-state index is 12.0. The second-order valence-electron chi connectivity index (χ2n) is 7.11. The second-order valence-corrected chi connectivity index (χ2v) is 8.49. The van der Waals surface area contributed by atoms with Crippen LogP contribution >= 0.6 is 0 Å². The van der Waals surface area contributed by atoms with Crippen molar-refractivity contribution in [2.45, 2.75) is 49.3 Å². The molecule has 150 valence electrons. The van der Waals surface area contributed by atoms with Crippen LogP contribution in [0.15, 0.2) is 65.6 Å². The average Bonchev–Trinajstić information content (AvgIpc) is 3.30. The first kappa shape index (κ1) is 20.5. The van der Waals surface area contributed by atoms with Gasteiger partial charge in [-0.25, -0.2) is 8.42 Å². The van der Waals surface area contributed by atoms with Crippen LogP contribution in [0.25, 0.3) is 0 Å². The van der Waals surface area contributed by atoms with E-state index in [1.165, 1.54) is 43.5 Å². The molecule has 0 radical (unpaired) electrons. The minimum atomic E-state index is -4.25. The molecule has 4 rings (SSSR count). The van der Waals surface area contributed by atoms with Crippen LogP contribution < -0.4 is 5.32 Å². The molecule has 7 heteroatoms. The minimum Gasteiger partial charge on any atom is -0.744 e. The SMILES string of the molecule is O=C(OCc1ccccc1)[C@@H]1C[C@H]2CCC[C@H]2N1.O=S(=O)([O-])c1ccccc1. The summed E-state index contributed by atoms with van der Waals surface area (Å²) in [5.74, 6) is 0.604. The number of hydrogen-bond acceptors (Lipinski definition) is 6. The van der Waals surface area contributed by atoms with E-state index in [1.54, 1.807) is 6.07 Å². The summed E-state index contributed by atoms with van der Waals surface area (Å²) < 4.78 is 36.2. The fourth-order valence-electron chi connectivity index (χ4n) is 3.75.